The number of benzene rings is 1. The van der Waals surface area contributed by atoms with Gasteiger partial charge in [-0.05, 0) is 17.7 Å². The second-order valence-electron chi connectivity index (χ2n) is 3.91. The van der Waals surface area contributed by atoms with Crippen LogP contribution >= 0.6 is 0 Å². The lowest BCUT2D eigenvalue weighted by Gasteiger charge is -2.06. The zero-order valence-electron chi connectivity index (χ0n) is 10.3. The van der Waals surface area contributed by atoms with E-state index in [1.54, 1.807) is 24.3 Å². The molecule has 0 bridgehead atoms. The van der Waals surface area contributed by atoms with Crippen LogP contribution in [-0.2, 0) is 16.6 Å². The lowest BCUT2D eigenvalue weighted by molar-refractivity contribution is 0.580. The summed E-state index contributed by atoms with van der Waals surface area (Å²) >= 11 is 0. The number of anilines is 1. The topological polar surface area (TPSA) is 122 Å². The van der Waals surface area contributed by atoms with E-state index >= 15 is 0 Å². The van der Waals surface area contributed by atoms with E-state index in [-0.39, 0.29) is 17.4 Å². The van der Waals surface area contributed by atoms with Gasteiger partial charge in [0.2, 0.25) is 16.0 Å². The molecule has 1 aromatic heterocycles. The number of nitrogens with zero attached hydrogens (tertiary/aromatic N) is 3. The molecule has 2 rings (SSSR count). The Hall–Kier alpha value is -2.50. The predicted molar refractivity (Wildman–Crippen MR) is 71.6 cm³/mol. The average molecular weight is 289 g/mol. The highest BCUT2D eigenvalue weighted by molar-refractivity contribution is 7.89. The monoisotopic (exact) mass is 289 g/mol. The molecule has 0 saturated carbocycles. The minimum Gasteiger partial charge on any atom is -0.368 e. The summed E-state index contributed by atoms with van der Waals surface area (Å²) in [6, 6.07) is 8.59. The first-order valence-corrected chi connectivity index (χ1v) is 7.06. The van der Waals surface area contributed by atoms with E-state index in [9.17, 15) is 8.42 Å². The van der Waals surface area contributed by atoms with Gasteiger partial charge in [-0.3, -0.25) is 0 Å². The van der Waals surface area contributed by atoms with Gasteiger partial charge in [0.25, 0.3) is 0 Å². The highest BCUT2D eigenvalue weighted by atomic mass is 32.2. The molecule has 0 spiro atoms. The molecular weight excluding hydrogens is 278 g/mol. The average Bonchev–Trinajstić information content (AvgIpc) is 2.46. The molecule has 3 N–H and O–H groups in total. The van der Waals surface area contributed by atoms with Crippen LogP contribution in [0.5, 0.6) is 0 Å². The van der Waals surface area contributed by atoms with Gasteiger partial charge >= 0.3 is 0 Å². The maximum absolute atomic E-state index is 12.0. The number of nitrogen functional groups attached to an aromatic ring is 1. The molecule has 0 atom stereocenters. The van der Waals surface area contributed by atoms with Gasteiger partial charge in [-0.1, -0.05) is 12.1 Å². The quantitative estimate of drug-likeness (QED) is 0.840. The normalized spacial score (nSPS) is 10.9. The Kier molecular flexibility index (Phi) is 3.93. The van der Waals surface area contributed by atoms with Crippen molar-refractivity contribution in [3.8, 4) is 6.07 Å². The number of rotatable bonds is 4. The van der Waals surface area contributed by atoms with Gasteiger partial charge in [0.05, 0.1) is 24.0 Å². The first-order valence-electron chi connectivity index (χ1n) is 5.57. The number of nitrogens with two attached hydrogens (primary N) is 1. The molecule has 0 fully saturated rings. The molecule has 1 heterocycles. The molecule has 0 saturated heterocycles. The molecular formula is C12H11N5O2S. The van der Waals surface area contributed by atoms with Crippen LogP contribution in [-0.4, -0.2) is 18.4 Å². The standard InChI is InChI=1S/C12H11N5O2S/c13-5-9-1-3-10(4-2-9)6-17-20(18,19)11-7-15-12(14)16-8-11/h1-4,7-8,17H,6H2,(H2,14,15,16). The summed E-state index contributed by atoms with van der Waals surface area (Å²) in [4.78, 5) is 7.21. The Balaban J connectivity index is 2.09. The maximum atomic E-state index is 12.0. The minimum atomic E-state index is -3.69. The van der Waals surface area contributed by atoms with Gasteiger partial charge in [-0.25, -0.2) is 23.1 Å². The Morgan fingerprint density at radius 1 is 1.20 bits per heavy atom. The van der Waals surface area contributed by atoms with Crippen molar-refractivity contribution < 1.29 is 8.42 Å². The van der Waals surface area contributed by atoms with Gasteiger partial charge in [0.1, 0.15) is 4.90 Å². The number of hydrogen-bond acceptors (Lipinski definition) is 6. The van der Waals surface area contributed by atoms with Crippen LogP contribution in [0.25, 0.3) is 0 Å². The summed E-state index contributed by atoms with van der Waals surface area (Å²) < 4.78 is 26.3. The molecule has 0 aliphatic rings. The van der Waals surface area contributed by atoms with E-state index in [1.165, 1.54) is 0 Å². The van der Waals surface area contributed by atoms with E-state index in [1.807, 2.05) is 6.07 Å². The summed E-state index contributed by atoms with van der Waals surface area (Å²) in [6.45, 7) is 0.110. The molecule has 0 aliphatic carbocycles. The van der Waals surface area contributed by atoms with Crippen LogP contribution in [0.4, 0.5) is 5.95 Å². The summed E-state index contributed by atoms with van der Waals surface area (Å²) in [5.41, 5.74) is 6.56. The van der Waals surface area contributed by atoms with Crippen LogP contribution in [0, 0.1) is 11.3 Å². The Morgan fingerprint density at radius 2 is 1.80 bits per heavy atom. The number of nitriles is 1. The fourth-order valence-corrected chi connectivity index (χ4v) is 2.33. The molecule has 20 heavy (non-hydrogen) atoms. The zero-order chi connectivity index (χ0) is 14.6. The summed E-state index contributed by atoms with van der Waals surface area (Å²) in [5.74, 6) is 0.0102. The summed E-state index contributed by atoms with van der Waals surface area (Å²) in [7, 11) is -3.69. The van der Waals surface area contributed by atoms with Crippen molar-refractivity contribution in [3.63, 3.8) is 0 Å². The van der Waals surface area contributed by atoms with Gasteiger partial charge in [0.15, 0.2) is 0 Å². The molecule has 1 aromatic carbocycles. The minimum absolute atomic E-state index is 0.0102. The van der Waals surface area contributed by atoms with E-state index < -0.39 is 10.0 Å². The second-order valence-corrected chi connectivity index (χ2v) is 5.68. The SMILES string of the molecule is N#Cc1ccc(CNS(=O)(=O)c2cnc(N)nc2)cc1. The lowest BCUT2D eigenvalue weighted by Crippen LogP contribution is -2.23. The van der Waals surface area contributed by atoms with Crippen LogP contribution in [0.2, 0.25) is 0 Å². The summed E-state index contributed by atoms with van der Waals surface area (Å²) in [6.07, 6.45) is 2.28. The first-order chi connectivity index (χ1) is 9.51. The zero-order valence-corrected chi connectivity index (χ0v) is 11.1. The van der Waals surface area contributed by atoms with Crippen LogP contribution < -0.4 is 10.5 Å². The maximum Gasteiger partial charge on any atom is 0.243 e. The molecule has 2 aromatic rings. The van der Waals surface area contributed by atoms with Crippen molar-refractivity contribution in [1.82, 2.24) is 14.7 Å². The van der Waals surface area contributed by atoms with Crippen molar-refractivity contribution in [1.29, 1.82) is 5.26 Å². The number of hydrogen-bond donors (Lipinski definition) is 2. The van der Waals surface area contributed by atoms with Crippen molar-refractivity contribution in [2.45, 2.75) is 11.4 Å². The molecule has 7 nitrogen and oxygen atoms in total. The third-order valence-corrected chi connectivity index (χ3v) is 3.86. The van der Waals surface area contributed by atoms with E-state index in [0.717, 1.165) is 18.0 Å². The number of aromatic nitrogens is 2. The Bertz CT molecular complexity index is 733. The highest BCUT2D eigenvalue weighted by Crippen LogP contribution is 2.08. The molecule has 102 valence electrons. The molecule has 0 unspecified atom stereocenters. The van der Waals surface area contributed by atoms with E-state index in [0.29, 0.717) is 5.56 Å². The smallest absolute Gasteiger partial charge is 0.243 e. The van der Waals surface area contributed by atoms with Crippen molar-refractivity contribution in [3.05, 3.63) is 47.8 Å². The van der Waals surface area contributed by atoms with Crippen LogP contribution in [0.1, 0.15) is 11.1 Å². The van der Waals surface area contributed by atoms with Crippen LogP contribution in [0.15, 0.2) is 41.6 Å². The van der Waals surface area contributed by atoms with Gasteiger partial charge in [0, 0.05) is 6.54 Å². The highest BCUT2D eigenvalue weighted by Gasteiger charge is 2.14. The van der Waals surface area contributed by atoms with Gasteiger partial charge < -0.3 is 5.73 Å². The molecule has 0 amide bonds. The fourth-order valence-electron chi connectivity index (χ4n) is 1.42. The van der Waals surface area contributed by atoms with Gasteiger partial charge in [-0.15, -0.1) is 0 Å². The number of nitrogens with one attached hydrogen (secondary N) is 1. The molecule has 0 radical (unpaired) electrons. The van der Waals surface area contributed by atoms with E-state index in [2.05, 4.69) is 14.7 Å². The Morgan fingerprint density at radius 3 is 2.35 bits per heavy atom. The van der Waals surface area contributed by atoms with Crippen molar-refractivity contribution in [2.75, 3.05) is 5.73 Å². The third kappa shape index (κ3) is 3.28. The van der Waals surface area contributed by atoms with E-state index in [4.69, 9.17) is 11.0 Å². The first kappa shape index (κ1) is 13.9. The third-order valence-electron chi connectivity index (χ3n) is 2.51. The largest absolute Gasteiger partial charge is 0.368 e. The fraction of sp³-hybridized carbons (Fsp3) is 0.0833. The molecule has 8 heteroatoms. The summed E-state index contributed by atoms with van der Waals surface area (Å²) in [5, 5.41) is 8.67. The Labute approximate surface area is 116 Å². The van der Waals surface area contributed by atoms with Gasteiger partial charge in [-0.2, -0.15) is 5.26 Å². The van der Waals surface area contributed by atoms with Crippen LogP contribution in [0.3, 0.4) is 0 Å². The lowest BCUT2D eigenvalue weighted by atomic mass is 10.1. The second kappa shape index (κ2) is 5.64. The molecule has 0 aliphatic heterocycles. The van der Waals surface area contributed by atoms with Crippen molar-refractivity contribution in [2.24, 2.45) is 0 Å². The van der Waals surface area contributed by atoms with Crippen molar-refractivity contribution >= 4 is 16.0 Å². The predicted octanol–water partition coefficient (Wildman–Crippen LogP) is 0.409. The number of sulfonamides is 1.